The average molecular weight is 189 g/mol. The molecule has 0 atom stereocenters. The zero-order valence-electron chi connectivity index (χ0n) is 7.18. The predicted molar refractivity (Wildman–Crippen MR) is 48.9 cm³/mol. The quantitative estimate of drug-likeness (QED) is 0.785. The number of hydrogen-bond acceptors (Lipinski definition) is 3. The van der Waals surface area contributed by atoms with Crippen molar-refractivity contribution in [2.75, 3.05) is 0 Å². The molecule has 2 aromatic heterocycles. The van der Waals surface area contributed by atoms with Crippen LogP contribution in [0.2, 0.25) is 0 Å². The Morgan fingerprint density at radius 1 is 1.36 bits per heavy atom. The molecule has 0 aromatic carbocycles. The molecule has 0 bridgehead atoms. The van der Waals surface area contributed by atoms with Gasteiger partial charge in [-0.15, -0.1) is 0 Å². The van der Waals surface area contributed by atoms with Crippen molar-refractivity contribution in [1.29, 1.82) is 0 Å². The van der Waals surface area contributed by atoms with E-state index in [1.54, 1.807) is 24.3 Å². The summed E-state index contributed by atoms with van der Waals surface area (Å²) in [5.41, 5.74) is 0.493. The summed E-state index contributed by atoms with van der Waals surface area (Å²) in [5, 5.41) is 8.86. The number of carbonyl (C=O) groups is 1. The van der Waals surface area contributed by atoms with Gasteiger partial charge in [0.05, 0.1) is 11.8 Å². The molecular weight excluding hydrogens is 182 g/mol. The molecule has 2 rings (SSSR count). The van der Waals surface area contributed by atoms with Gasteiger partial charge in [0.25, 0.3) is 0 Å². The first-order chi connectivity index (χ1) is 6.79. The zero-order chi connectivity index (χ0) is 9.97. The molecule has 0 saturated heterocycles. The minimum Gasteiger partial charge on any atom is -0.476 e. The number of furan rings is 1. The van der Waals surface area contributed by atoms with E-state index in [1.807, 2.05) is 0 Å². The summed E-state index contributed by atoms with van der Waals surface area (Å²) in [4.78, 5) is 14.6. The Kier molecular flexibility index (Phi) is 2.02. The molecule has 1 N–H and O–H groups in total. The third kappa shape index (κ3) is 1.37. The number of rotatable bonds is 2. The highest BCUT2D eigenvalue weighted by Crippen LogP contribution is 2.22. The smallest absolute Gasteiger partial charge is 0.355 e. The molecule has 0 amide bonds. The van der Waals surface area contributed by atoms with E-state index in [1.165, 1.54) is 12.5 Å². The van der Waals surface area contributed by atoms with Gasteiger partial charge in [-0.2, -0.15) is 0 Å². The van der Waals surface area contributed by atoms with Gasteiger partial charge >= 0.3 is 5.97 Å². The second-order valence-corrected chi connectivity index (χ2v) is 2.68. The van der Waals surface area contributed by atoms with Gasteiger partial charge in [-0.05, 0) is 24.3 Å². The number of pyridine rings is 1. The number of aromatic carboxylic acids is 1. The molecule has 0 fully saturated rings. The van der Waals surface area contributed by atoms with Gasteiger partial charge in [-0.25, -0.2) is 9.78 Å². The maximum atomic E-state index is 10.8. The Labute approximate surface area is 79.8 Å². The monoisotopic (exact) mass is 189 g/mol. The van der Waals surface area contributed by atoms with Gasteiger partial charge < -0.3 is 9.52 Å². The summed E-state index contributed by atoms with van der Waals surface area (Å²) in [6.45, 7) is 0. The lowest BCUT2D eigenvalue weighted by Crippen LogP contribution is -2.01. The summed E-state index contributed by atoms with van der Waals surface area (Å²) in [6, 6.07) is 6.73. The highest BCUT2D eigenvalue weighted by atomic mass is 16.4. The fourth-order valence-electron chi connectivity index (χ4n) is 1.21. The van der Waals surface area contributed by atoms with Crippen molar-refractivity contribution < 1.29 is 14.3 Å². The van der Waals surface area contributed by atoms with Gasteiger partial charge in [0.15, 0.2) is 5.69 Å². The van der Waals surface area contributed by atoms with Gasteiger partial charge in [0, 0.05) is 6.20 Å². The lowest BCUT2D eigenvalue weighted by molar-refractivity contribution is 0.0691. The Balaban J connectivity index is 2.58. The van der Waals surface area contributed by atoms with Gasteiger partial charge in [-0.3, -0.25) is 0 Å². The molecule has 4 nitrogen and oxygen atoms in total. The van der Waals surface area contributed by atoms with Crippen molar-refractivity contribution in [1.82, 2.24) is 4.98 Å². The lowest BCUT2D eigenvalue weighted by atomic mass is 10.1. The van der Waals surface area contributed by atoms with Crippen LogP contribution >= 0.6 is 0 Å². The fourth-order valence-corrected chi connectivity index (χ4v) is 1.21. The van der Waals surface area contributed by atoms with E-state index in [0.717, 1.165) is 0 Å². The SMILES string of the molecule is O=C(O)c1ncccc1-c1ccco1. The van der Waals surface area contributed by atoms with E-state index >= 15 is 0 Å². The molecule has 0 aliphatic rings. The molecule has 0 spiro atoms. The first-order valence-corrected chi connectivity index (χ1v) is 4.01. The van der Waals surface area contributed by atoms with Crippen LogP contribution in [-0.2, 0) is 0 Å². The first kappa shape index (κ1) is 8.50. The fraction of sp³-hybridized carbons (Fsp3) is 0. The van der Waals surface area contributed by atoms with Crippen molar-refractivity contribution in [3.05, 3.63) is 42.4 Å². The van der Waals surface area contributed by atoms with Gasteiger partial charge in [0.2, 0.25) is 0 Å². The molecule has 0 unspecified atom stereocenters. The van der Waals surface area contributed by atoms with Crippen molar-refractivity contribution in [2.45, 2.75) is 0 Å². The number of nitrogens with zero attached hydrogens (tertiary/aromatic N) is 1. The summed E-state index contributed by atoms with van der Waals surface area (Å²) >= 11 is 0. The normalized spacial score (nSPS) is 10.0. The standard InChI is InChI=1S/C10H7NO3/c12-10(13)9-7(3-1-5-11-9)8-4-2-6-14-8/h1-6H,(H,12,13). The number of carboxylic acids is 1. The molecular formula is C10H7NO3. The highest BCUT2D eigenvalue weighted by molar-refractivity contribution is 5.92. The molecule has 70 valence electrons. The minimum absolute atomic E-state index is 0.00227. The topological polar surface area (TPSA) is 63.3 Å². The van der Waals surface area contributed by atoms with Crippen LogP contribution in [-0.4, -0.2) is 16.1 Å². The van der Waals surface area contributed by atoms with E-state index in [2.05, 4.69) is 4.98 Å². The molecule has 2 aromatic rings. The van der Waals surface area contributed by atoms with Crippen molar-refractivity contribution in [3.63, 3.8) is 0 Å². The van der Waals surface area contributed by atoms with E-state index in [4.69, 9.17) is 9.52 Å². The van der Waals surface area contributed by atoms with E-state index < -0.39 is 5.97 Å². The summed E-state index contributed by atoms with van der Waals surface area (Å²) in [6.07, 6.45) is 2.93. The summed E-state index contributed by atoms with van der Waals surface area (Å²) in [5.74, 6) is -0.549. The van der Waals surface area contributed by atoms with Crippen LogP contribution in [0.1, 0.15) is 10.5 Å². The van der Waals surface area contributed by atoms with Crippen molar-refractivity contribution in [3.8, 4) is 11.3 Å². The van der Waals surface area contributed by atoms with Gasteiger partial charge in [-0.1, -0.05) is 0 Å². The third-order valence-electron chi connectivity index (χ3n) is 1.80. The van der Waals surface area contributed by atoms with Crippen LogP contribution in [0.4, 0.5) is 0 Å². The number of hydrogen-bond donors (Lipinski definition) is 1. The minimum atomic E-state index is -1.06. The van der Waals surface area contributed by atoms with E-state index in [-0.39, 0.29) is 5.69 Å². The van der Waals surface area contributed by atoms with E-state index in [0.29, 0.717) is 11.3 Å². The largest absolute Gasteiger partial charge is 0.476 e. The summed E-state index contributed by atoms with van der Waals surface area (Å²) in [7, 11) is 0. The highest BCUT2D eigenvalue weighted by Gasteiger charge is 2.13. The zero-order valence-corrected chi connectivity index (χ0v) is 7.18. The Hall–Kier alpha value is -2.10. The lowest BCUT2D eigenvalue weighted by Gasteiger charge is -2.00. The van der Waals surface area contributed by atoms with Crippen molar-refractivity contribution >= 4 is 5.97 Å². The van der Waals surface area contributed by atoms with Crippen molar-refractivity contribution in [2.24, 2.45) is 0 Å². The molecule has 0 aliphatic heterocycles. The van der Waals surface area contributed by atoms with Crippen LogP contribution in [0.15, 0.2) is 41.1 Å². The van der Waals surface area contributed by atoms with Crippen LogP contribution in [0.25, 0.3) is 11.3 Å². The molecule has 0 radical (unpaired) electrons. The molecule has 4 heteroatoms. The Bertz CT molecular complexity index is 448. The Morgan fingerprint density at radius 3 is 2.86 bits per heavy atom. The second-order valence-electron chi connectivity index (χ2n) is 2.68. The predicted octanol–water partition coefficient (Wildman–Crippen LogP) is 2.04. The Morgan fingerprint density at radius 2 is 2.21 bits per heavy atom. The average Bonchev–Trinajstić information content (AvgIpc) is 2.70. The molecule has 14 heavy (non-hydrogen) atoms. The van der Waals surface area contributed by atoms with Crippen LogP contribution in [0, 0.1) is 0 Å². The molecule has 2 heterocycles. The maximum Gasteiger partial charge on any atom is 0.355 e. The first-order valence-electron chi connectivity index (χ1n) is 4.01. The van der Waals surface area contributed by atoms with E-state index in [9.17, 15) is 4.79 Å². The van der Waals surface area contributed by atoms with Crippen LogP contribution < -0.4 is 0 Å². The number of carboxylic acid groups (broad SMARTS) is 1. The number of aromatic nitrogens is 1. The second kappa shape index (κ2) is 3.33. The summed E-state index contributed by atoms with van der Waals surface area (Å²) < 4.78 is 5.11. The maximum absolute atomic E-state index is 10.8. The van der Waals surface area contributed by atoms with Crippen LogP contribution in [0.5, 0.6) is 0 Å². The van der Waals surface area contributed by atoms with Gasteiger partial charge in [0.1, 0.15) is 5.76 Å². The molecule has 0 aliphatic carbocycles. The molecule has 0 saturated carbocycles. The third-order valence-corrected chi connectivity index (χ3v) is 1.80. The van der Waals surface area contributed by atoms with Crippen LogP contribution in [0.3, 0.4) is 0 Å².